The second-order valence-electron chi connectivity index (χ2n) is 3.55. The number of carbonyl (C=O) groups excluding carboxylic acids is 1. The van der Waals surface area contributed by atoms with Gasteiger partial charge in [-0.1, -0.05) is 0 Å². The number of halogens is 1. The molecule has 0 atom stereocenters. The maximum atomic E-state index is 12.7. The van der Waals surface area contributed by atoms with Crippen LogP contribution >= 0.6 is 0 Å². The van der Waals surface area contributed by atoms with E-state index in [0.717, 1.165) is 0 Å². The topological polar surface area (TPSA) is 56.2 Å². The average molecular weight is 249 g/mol. The molecule has 1 heterocycles. The lowest BCUT2D eigenvalue weighted by Gasteiger charge is -2.05. The van der Waals surface area contributed by atoms with Crippen LogP contribution in [0, 0.1) is 5.82 Å². The maximum absolute atomic E-state index is 12.7. The average Bonchev–Trinajstić information content (AvgIpc) is 2.86. The largest absolute Gasteiger partial charge is 0.471 e. The number of nitrogens with zero attached hydrogens (tertiary/aromatic N) is 2. The first-order chi connectivity index (χ1) is 8.69. The third kappa shape index (κ3) is 2.85. The summed E-state index contributed by atoms with van der Waals surface area (Å²) in [5, 5.41) is 6.50. The normalized spacial score (nSPS) is 10.1. The Balaban J connectivity index is 1.96. The lowest BCUT2D eigenvalue weighted by molar-refractivity contribution is 0.0956. The highest BCUT2D eigenvalue weighted by Crippen LogP contribution is 2.11. The summed E-state index contributed by atoms with van der Waals surface area (Å²) in [7, 11) is 1.54. The van der Waals surface area contributed by atoms with Gasteiger partial charge in [0.15, 0.2) is 6.73 Å². The van der Waals surface area contributed by atoms with Crippen LogP contribution in [-0.2, 0) is 6.73 Å². The second-order valence-corrected chi connectivity index (χ2v) is 3.55. The number of benzene rings is 1. The standard InChI is InChI=1S/C12H12FN3O2/c1-14-12(17)11-6-7-16(15-11)8-18-10-4-2-9(13)3-5-10/h2-7H,8H2,1H3,(H,14,17). The van der Waals surface area contributed by atoms with Crippen molar-refractivity contribution in [2.24, 2.45) is 0 Å². The Kier molecular flexibility index (Phi) is 3.57. The van der Waals surface area contributed by atoms with Crippen LogP contribution in [-0.4, -0.2) is 22.7 Å². The molecule has 18 heavy (non-hydrogen) atoms. The number of ether oxygens (including phenoxy) is 1. The molecule has 1 amide bonds. The molecule has 2 rings (SSSR count). The van der Waals surface area contributed by atoms with E-state index in [9.17, 15) is 9.18 Å². The number of hydrogen-bond acceptors (Lipinski definition) is 3. The van der Waals surface area contributed by atoms with Crippen molar-refractivity contribution >= 4 is 5.91 Å². The minimum absolute atomic E-state index is 0.155. The minimum atomic E-state index is -0.316. The number of carbonyl (C=O) groups is 1. The van der Waals surface area contributed by atoms with E-state index in [1.54, 1.807) is 12.3 Å². The molecular formula is C12H12FN3O2. The van der Waals surface area contributed by atoms with E-state index in [4.69, 9.17) is 4.74 Å². The Morgan fingerprint density at radius 1 is 1.39 bits per heavy atom. The van der Waals surface area contributed by atoms with Crippen molar-refractivity contribution in [3.05, 3.63) is 48.0 Å². The minimum Gasteiger partial charge on any atom is -0.471 e. The van der Waals surface area contributed by atoms with Gasteiger partial charge in [-0.05, 0) is 30.3 Å². The van der Waals surface area contributed by atoms with Gasteiger partial charge in [0.25, 0.3) is 5.91 Å². The molecule has 2 aromatic rings. The molecule has 0 spiro atoms. The molecule has 0 aliphatic heterocycles. The maximum Gasteiger partial charge on any atom is 0.271 e. The monoisotopic (exact) mass is 249 g/mol. The van der Waals surface area contributed by atoms with E-state index in [1.807, 2.05) is 0 Å². The van der Waals surface area contributed by atoms with Crippen molar-refractivity contribution in [3.8, 4) is 5.75 Å². The quantitative estimate of drug-likeness (QED) is 0.891. The van der Waals surface area contributed by atoms with Crippen LogP contribution in [0.4, 0.5) is 4.39 Å². The van der Waals surface area contributed by atoms with Gasteiger partial charge in [-0.25, -0.2) is 9.07 Å². The fourth-order valence-corrected chi connectivity index (χ4v) is 1.35. The summed E-state index contributed by atoms with van der Waals surface area (Å²) in [4.78, 5) is 11.3. The Morgan fingerprint density at radius 2 is 2.11 bits per heavy atom. The lowest BCUT2D eigenvalue weighted by Crippen LogP contribution is -2.19. The van der Waals surface area contributed by atoms with Crippen molar-refractivity contribution in [2.75, 3.05) is 7.05 Å². The predicted octanol–water partition coefficient (Wildman–Crippen LogP) is 1.42. The molecule has 1 N–H and O–H groups in total. The molecule has 0 radical (unpaired) electrons. The third-order valence-electron chi connectivity index (χ3n) is 2.28. The highest BCUT2D eigenvalue weighted by molar-refractivity contribution is 5.91. The lowest BCUT2D eigenvalue weighted by atomic mass is 10.3. The van der Waals surface area contributed by atoms with Crippen LogP contribution in [0.25, 0.3) is 0 Å². The molecule has 94 valence electrons. The summed E-state index contributed by atoms with van der Waals surface area (Å²) in [6.07, 6.45) is 1.63. The number of hydrogen-bond donors (Lipinski definition) is 1. The van der Waals surface area contributed by atoms with Gasteiger partial charge < -0.3 is 10.1 Å². The first-order valence-electron chi connectivity index (χ1n) is 5.33. The molecule has 1 aromatic carbocycles. The van der Waals surface area contributed by atoms with Crippen molar-refractivity contribution in [1.29, 1.82) is 0 Å². The van der Waals surface area contributed by atoms with Crippen LogP contribution in [0.15, 0.2) is 36.5 Å². The van der Waals surface area contributed by atoms with Gasteiger partial charge in [-0.2, -0.15) is 5.10 Å². The van der Waals surface area contributed by atoms with E-state index in [2.05, 4.69) is 10.4 Å². The van der Waals surface area contributed by atoms with Crippen LogP contribution in [0.2, 0.25) is 0 Å². The Bertz CT molecular complexity index is 537. The molecule has 5 nitrogen and oxygen atoms in total. The molecule has 0 saturated carbocycles. The highest BCUT2D eigenvalue weighted by Gasteiger charge is 2.06. The van der Waals surface area contributed by atoms with E-state index < -0.39 is 0 Å². The number of aromatic nitrogens is 2. The van der Waals surface area contributed by atoms with E-state index in [0.29, 0.717) is 11.4 Å². The van der Waals surface area contributed by atoms with Crippen LogP contribution in [0.5, 0.6) is 5.75 Å². The van der Waals surface area contributed by atoms with Gasteiger partial charge in [0, 0.05) is 13.2 Å². The van der Waals surface area contributed by atoms with Crippen molar-refractivity contribution < 1.29 is 13.9 Å². The van der Waals surface area contributed by atoms with Gasteiger partial charge in [0.2, 0.25) is 0 Å². The molecule has 0 unspecified atom stereocenters. The molecule has 0 aliphatic rings. The summed E-state index contributed by atoms with van der Waals surface area (Å²) in [5.41, 5.74) is 0.320. The summed E-state index contributed by atoms with van der Waals surface area (Å²) < 4.78 is 19.5. The van der Waals surface area contributed by atoms with E-state index in [1.165, 1.54) is 36.0 Å². The summed E-state index contributed by atoms with van der Waals surface area (Å²) in [5.74, 6) is -0.0349. The van der Waals surface area contributed by atoms with Gasteiger partial charge in [0.1, 0.15) is 17.3 Å². The zero-order chi connectivity index (χ0) is 13.0. The van der Waals surface area contributed by atoms with E-state index >= 15 is 0 Å². The zero-order valence-corrected chi connectivity index (χ0v) is 9.76. The summed E-state index contributed by atoms with van der Waals surface area (Å²) in [6, 6.07) is 7.27. The predicted molar refractivity (Wildman–Crippen MR) is 62.6 cm³/mol. The zero-order valence-electron chi connectivity index (χ0n) is 9.76. The molecular weight excluding hydrogens is 237 g/mol. The number of amides is 1. The SMILES string of the molecule is CNC(=O)c1ccn(COc2ccc(F)cc2)n1. The Labute approximate surface area is 103 Å². The van der Waals surface area contributed by atoms with Gasteiger partial charge in [0.05, 0.1) is 0 Å². The van der Waals surface area contributed by atoms with Crippen molar-refractivity contribution in [2.45, 2.75) is 6.73 Å². The Morgan fingerprint density at radius 3 is 2.78 bits per heavy atom. The van der Waals surface area contributed by atoms with Gasteiger partial charge in [-0.15, -0.1) is 0 Å². The van der Waals surface area contributed by atoms with Crippen LogP contribution in [0.3, 0.4) is 0 Å². The first-order valence-corrected chi connectivity index (χ1v) is 5.33. The third-order valence-corrected chi connectivity index (χ3v) is 2.28. The fourth-order valence-electron chi connectivity index (χ4n) is 1.35. The van der Waals surface area contributed by atoms with Crippen LogP contribution < -0.4 is 10.1 Å². The fraction of sp³-hybridized carbons (Fsp3) is 0.167. The molecule has 1 aromatic heterocycles. The molecule has 0 bridgehead atoms. The van der Waals surface area contributed by atoms with Crippen molar-refractivity contribution in [1.82, 2.24) is 15.1 Å². The smallest absolute Gasteiger partial charge is 0.271 e. The summed E-state index contributed by atoms with van der Waals surface area (Å²) >= 11 is 0. The highest BCUT2D eigenvalue weighted by atomic mass is 19.1. The van der Waals surface area contributed by atoms with E-state index in [-0.39, 0.29) is 18.5 Å². The molecule has 0 aliphatic carbocycles. The number of nitrogens with one attached hydrogen (secondary N) is 1. The molecule has 0 saturated heterocycles. The molecule has 6 heteroatoms. The Hall–Kier alpha value is -2.37. The van der Waals surface area contributed by atoms with Gasteiger partial charge in [-0.3, -0.25) is 4.79 Å². The molecule has 0 fully saturated rings. The van der Waals surface area contributed by atoms with Crippen LogP contribution in [0.1, 0.15) is 10.5 Å². The second kappa shape index (κ2) is 5.31. The van der Waals surface area contributed by atoms with Gasteiger partial charge >= 0.3 is 0 Å². The van der Waals surface area contributed by atoms with Crippen molar-refractivity contribution in [3.63, 3.8) is 0 Å². The number of rotatable bonds is 4. The first kappa shape index (κ1) is 12.1. The summed E-state index contributed by atoms with van der Waals surface area (Å²) in [6.45, 7) is 0.155.